The first-order valence-corrected chi connectivity index (χ1v) is 13.3. The normalized spacial score (nSPS) is 11.8. The zero-order valence-corrected chi connectivity index (χ0v) is 15.8. The van der Waals surface area contributed by atoms with E-state index in [0.29, 0.717) is 0 Å². The lowest BCUT2D eigenvalue weighted by molar-refractivity contribution is -0.109. The van der Waals surface area contributed by atoms with Crippen molar-refractivity contribution in [3.63, 3.8) is 0 Å². The smallest absolute Gasteiger partial charge is 0.288 e. The fraction of sp³-hybridized carbons (Fsp3) is 0.923. The summed E-state index contributed by atoms with van der Waals surface area (Å²) in [6, 6.07) is -1.57. The van der Waals surface area contributed by atoms with E-state index in [-0.39, 0.29) is 5.12 Å². The van der Waals surface area contributed by atoms with E-state index in [2.05, 4.69) is 0 Å². The molecule has 1 nitrogen and oxygen atoms in total. The van der Waals surface area contributed by atoms with Crippen LogP contribution in [0.4, 0.5) is 0 Å². The third-order valence-corrected chi connectivity index (χ3v) is 6.43. The maximum Gasteiger partial charge on any atom is 0.341 e. The Labute approximate surface area is 137 Å². The van der Waals surface area contributed by atoms with Crippen LogP contribution in [0.15, 0.2) is 0 Å². The Balaban J connectivity index is 3.05. The molecular formula is C13H25Cl3OSSi. The molecule has 0 fully saturated rings. The van der Waals surface area contributed by atoms with Gasteiger partial charge in [-0.2, -0.15) is 0 Å². The van der Waals surface area contributed by atoms with Crippen molar-refractivity contribution in [1.82, 2.24) is 0 Å². The van der Waals surface area contributed by atoms with Gasteiger partial charge in [0.1, 0.15) is 0 Å². The molecule has 0 heterocycles. The summed E-state index contributed by atoms with van der Waals surface area (Å²) in [5.74, 6) is 0.982. The Hall–Kier alpha value is 1.11. The summed E-state index contributed by atoms with van der Waals surface area (Å²) in [4.78, 5) is 10.7. The molecular weight excluding hydrogens is 339 g/mol. The molecule has 0 bridgehead atoms. The highest BCUT2D eigenvalue weighted by molar-refractivity contribution is 8.13. The fourth-order valence-corrected chi connectivity index (χ4v) is 4.37. The Morgan fingerprint density at radius 1 is 0.842 bits per heavy atom. The van der Waals surface area contributed by atoms with Crippen molar-refractivity contribution in [2.24, 2.45) is 0 Å². The average molecular weight is 364 g/mol. The predicted molar refractivity (Wildman–Crippen MR) is 92.8 cm³/mol. The van der Waals surface area contributed by atoms with Crippen LogP contribution in [0.25, 0.3) is 0 Å². The number of carbonyl (C=O) groups excluding carboxylic acids is 1. The van der Waals surface area contributed by atoms with E-state index in [1.807, 2.05) is 0 Å². The van der Waals surface area contributed by atoms with Crippen LogP contribution in [0.3, 0.4) is 0 Å². The predicted octanol–water partition coefficient (Wildman–Crippen LogP) is 6.43. The maximum atomic E-state index is 10.7. The SMILES string of the molecule is CC(=O)SCCCCCCCCCCC[Si](Cl)(Cl)Cl. The molecule has 0 aromatic carbocycles. The number of rotatable bonds is 12. The van der Waals surface area contributed by atoms with Gasteiger partial charge in [-0.1, -0.05) is 63.1 Å². The quantitative estimate of drug-likeness (QED) is 0.226. The minimum atomic E-state index is -2.37. The summed E-state index contributed by atoms with van der Waals surface area (Å²) in [6.07, 6.45) is 11.1. The lowest BCUT2D eigenvalue weighted by Gasteiger charge is -2.06. The van der Waals surface area contributed by atoms with Crippen LogP contribution in [-0.2, 0) is 4.79 Å². The van der Waals surface area contributed by atoms with Crippen LogP contribution >= 0.6 is 45.0 Å². The zero-order chi connectivity index (χ0) is 14.6. The van der Waals surface area contributed by atoms with Crippen molar-refractivity contribution < 1.29 is 4.79 Å². The average Bonchev–Trinajstić information content (AvgIpc) is 2.28. The van der Waals surface area contributed by atoms with Crippen molar-refractivity contribution in [2.45, 2.75) is 70.8 Å². The van der Waals surface area contributed by atoms with Crippen molar-refractivity contribution in [3.05, 3.63) is 0 Å². The van der Waals surface area contributed by atoms with Crippen molar-refractivity contribution in [1.29, 1.82) is 0 Å². The third kappa shape index (κ3) is 19.1. The van der Waals surface area contributed by atoms with Gasteiger partial charge in [-0.15, -0.1) is 33.2 Å². The van der Waals surface area contributed by atoms with Crippen molar-refractivity contribution in [3.8, 4) is 0 Å². The van der Waals surface area contributed by atoms with E-state index >= 15 is 0 Å². The molecule has 0 aromatic heterocycles. The van der Waals surface area contributed by atoms with Crippen LogP contribution < -0.4 is 0 Å². The zero-order valence-electron chi connectivity index (χ0n) is 11.7. The van der Waals surface area contributed by atoms with Gasteiger partial charge in [0.15, 0.2) is 5.12 Å². The Morgan fingerprint density at radius 2 is 1.26 bits per heavy atom. The van der Waals surface area contributed by atoms with Crippen molar-refractivity contribution >= 4 is 56.1 Å². The summed E-state index contributed by atoms with van der Waals surface area (Å²) in [7, 11) is 0. The van der Waals surface area contributed by atoms with Crippen LogP contribution in [-0.4, -0.2) is 16.9 Å². The number of halogens is 3. The Kier molecular flexibility index (Phi) is 13.6. The molecule has 0 rings (SSSR count). The molecule has 0 aliphatic heterocycles. The topological polar surface area (TPSA) is 17.1 Å². The van der Waals surface area contributed by atoms with Gasteiger partial charge in [-0.05, 0) is 12.5 Å². The standard InChI is InChI=1S/C13H25Cl3OSSi/c1-13(17)18-11-9-7-5-3-2-4-6-8-10-12-19(14,15)16/h2-12H2,1H3. The highest BCUT2D eigenvalue weighted by Gasteiger charge is 2.23. The molecule has 0 amide bonds. The van der Waals surface area contributed by atoms with Gasteiger partial charge in [0.05, 0.1) is 0 Å². The first-order valence-electron chi connectivity index (χ1n) is 7.12. The Morgan fingerprint density at radius 3 is 1.68 bits per heavy atom. The molecule has 0 atom stereocenters. The molecule has 0 radical (unpaired) electrons. The lowest BCUT2D eigenvalue weighted by atomic mass is 10.1. The molecule has 0 saturated carbocycles. The van der Waals surface area contributed by atoms with E-state index in [9.17, 15) is 4.79 Å². The van der Waals surface area contributed by atoms with Gasteiger partial charge in [0.2, 0.25) is 0 Å². The van der Waals surface area contributed by atoms with Crippen LogP contribution in [0.1, 0.15) is 64.7 Å². The van der Waals surface area contributed by atoms with Crippen LogP contribution in [0.2, 0.25) is 6.04 Å². The lowest BCUT2D eigenvalue weighted by Crippen LogP contribution is -2.07. The fourth-order valence-electron chi connectivity index (χ4n) is 1.88. The van der Waals surface area contributed by atoms with Gasteiger partial charge in [-0.3, -0.25) is 4.79 Å². The van der Waals surface area contributed by atoms with Crippen LogP contribution in [0, 0.1) is 0 Å². The summed E-state index contributed by atoms with van der Waals surface area (Å²) in [5.41, 5.74) is 0. The first-order chi connectivity index (χ1) is 8.92. The summed E-state index contributed by atoms with van der Waals surface area (Å²) in [6.45, 7) is 1.63. The number of hydrogen-bond acceptors (Lipinski definition) is 2. The van der Waals surface area contributed by atoms with E-state index < -0.39 is 6.00 Å². The van der Waals surface area contributed by atoms with Crippen LogP contribution in [0.5, 0.6) is 0 Å². The molecule has 0 aromatic rings. The summed E-state index contributed by atoms with van der Waals surface area (Å²) in [5, 5.41) is 0.234. The van der Waals surface area contributed by atoms with E-state index in [1.165, 1.54) is 56.7 Å². The highest BCUT2D eigenvalue weighted by Crippen LogP contribution is 2.27. The minimum absolute atomic E-state index is 0.234. The second kappa shape index (κ2) is 12.8. The summed E-state index contributed by atoms with van der Waals surface area (Å²) < 4.78 is 0. The van der Waals surface area contributed by atoms with Gasteiger partial charge >= 0.3 is 6.00 Å². The largest absolute Gasteiger partial charge is 0.341 e. The number of hydrogen-bond donors (Lipinski definition) is 0. The summed E-state index contributed by atoms with van der Waals surface area (Å²) >= 11 is 18.9. The first kappa shape index (κ1) is 20.1. The van der Waals surface area contributed by atoms with Gasteiger partial charge in [-0.25, -0.2) is 0 Å². The molecule has 0 aliphatic rings. The number of thioether (sulfide) groups is 1. The van der Waals surface area contributed by atoms with Crippen molar-refractivity contribution in [2.75, 3.05) is 5.75 Å². The Bertz CT molecular complexity index is 234. The molecule has 114 valence electrons. The van der Waals surface area contributed by atoms with E-state index in [1.54, 1.807) is 6.92 Å². The molecule has 0 spiro atoms. The van der Waals surface area contributed by atoms with Gasteiger partial charge in [0.25, 0.3) is 0 Å². The van der Waals surface area contributed by atoms with Gasteiger partial charge < -0.3 is 0 Å². The molecule has 0 aliphatic carbocycles. The molecule has 0 saturated heterocycles. The van der Waals surface area contributed by atoms with Gasteiger partial charge in [0, 0.05) is 12.7 Å². The molecule has 0 N–H and O–H groups in total. The number of unbranched alkanes of at least 4 members (excludes halogenated alkanes) is 8. The minimum Gasteiger partial charge on any atom is -0.288 e. The maximum absolute atomic E-state index is 10.7. The number of carbonyl (C=O) groups is 1. The van der Waals surface area contributed by atoms with E-state index in [4.69, 9.17) is 33.2 Å². The molecule has 19 heavy (non-hydrogen) atoms. The molecule has 0 unspecified atom stereocenters. The second-order valence-corrected chi connectivity index (χ2v) is 15.4. The second-order valence-electron chi connectivity index (χ2n) is 4.89. The highest BCUT2D eigenvalue weighted by atomic mass is 35.8. The van der Waals surface area contributed by atoms with E-state index in [0.717, 1.165) is 24.6 Å². The monoisotopic (exact) mass is 362 g/mol. The molecule has 6 heteroatoms. The third-order valence-electron chi connectivity index (χ3n) is 2.91.